The van der Waals surface area contributed by atoms with Gasteiger partial charge in [-0.05, 0) is 72.4 Å². The number of hydrogen-bond donors (Lipinski definition) is 1. The molecule has 1 aromatic heterocycles. The van der Waals surface area contributed by atoms with Crippen LogP contribution >= 0.6 is 0 Å². The molecule has 0 bridgehead atoms. The van der Waals surface area contributed by atoms with E-state index < -0.39 is 11.9 Å². The number of ether oxygens (including phenoxy) is 1. The second-order valence-electron chi connectivity index (χ2n) is 10.7. The third kappa shape index (κ3) is 5.26. The summed E-state index contributed by atoms with van der Waals surface area (Å²) in [5, 5.41) is 18.6. The minimum Gasteiger partial charge on any atom is -0.489 e. The van der Waals surface area contributed by atoms with E-state index in [9.17, 15) is 14.3 Å². The van der Waals surface area contributed by atoms with Crippen molar-refractivity contribution in [1.29, 1.82) is 0 Å². The van der Waals surface area contributed by atoms with Gasteiger partial charge in [0.15, 0.2) is 0 Å². The van der Waals surface area contributed by atoms with E-state index in [0.29, 0.717) is 19.6 Å². The largest absolute Gasteiger partial charge is 0.489 e. The fourth-order valence-corrected chi connectivity index (χ4v) is 5.69. The second-order valence-corrected chi connectivity index (χ2v) is 10.7. The van der Waals surface area contributed by atoms with Gasteiger partial charge in [-0.2, -0.15) is 0 Å². The molecule has 1 aliphatic heterocycles. The molecule has 39 heavy (non-hydrogen) atoms. The van der Waals surface area contributed by atoms with Crippen molar-refractivity contribution in [3.05, 3.63) is 87.7 Å². The predicted octanol–water partition coefficient (Wildman–Crippen LogP) is 5.75. The molecule has 0 radical (unpaired) electrons. The van der Waals surface area contributed by atoms with Crippen LogP contribution in [0.3, 0.4) is 0 Å². The zero-order chi connectivity index (χ0) is 27.8. The maximum Gasteiger partial charge on any atom is 0.307 e. The Morgan fingerprint density at radius 2 is 1.97 bits per heavy atom. The number of halogens is 1. The van der Waals surface area contributed by atoms with Gasteiger partial charge in [0, 0.05) is 38.2 Å². The van der Waals surface area contributed by atoms with E-state index in [4.69, 9.17) is 4.74 Å². The van der Waals surface area contributed by atoms with Crippen molar-refractivity contribution in [2.75, 3.05) is 6.54 Å². The summed E-state index contributed by atoms with van der Waals surface area (Å²) >= 11 is 0. The molecular formula is C31H35FN4O3. The smallest absolute Gasteiger partial charge is 0.307 e. The van der Waals surface area contributed by atoms with Gasteiger partial charge in [0.05, 0.1) is 11.4 Å². The lowest BCUT2D eigenvalue weighted by molar-refractivity contribution is -0.141. The minimum absolute atomic E-state index is 0.00124. The summed E-state index contributed by atoms with van der Waals surface area (Å²) in [5.74, 6) is -1.40. The van der Waals surface area contributed by atoms with Crippen molar-refractivity contribution >= 4 is 17.0 Å². The predicted molar refractivity (Wildman–Crippen MR) is 148 cm³/mol. The molecule has 3 atom stereocenters. The number of aliphatic carboxylic acids is 1. The first-order valence-electron chi connectivity index (χ1n) is 13.4. The van der Waals surface area contributed by atoms with Crippen LogP contribution in [0.5, 0.6) is 5.75 Å². The summed E-state index contributed by atoms with van der Waals surface area (Å²) < 4.78 is 22.0. The van der Waals surface area contributed by atoms with Crippen LogP contribution in [0.2, 0.25) is 0 Å². The highest BCUT2D eigenvalue weighted by Gasteiger charge is 2.30. The lowest BCUT2D eigenvalue weighted by Gasteiger charge is -2.27. The Labute approximate surface area is 228 Å². The Bertz CT molecular complexity index is 1530. The average Bonchev–Trinajstić information content (AvgIpc) is 3.19. The Kier molecular flexibility index (Phi) is 7.40. The third-order valence-electron chi connectivity index (χ3n) is 8.06. The van der Waals surface area contributed by atoms with Crippen LogP contribution in [0.15, 0.2) is 48.5 Å². The molecule has 0 saturated heterocycles. The number of aryl methyl sites for hydroxylation is 3. The van der Waals surface area contributed by atoms with E-state index in [1.54, 1.807) is 23.7 Å². The molecule has 204 valence electrons. The topological polar surface area (TPSA) is 80.5 Å². The summed E-state index contributed by atoms with van der Waals surface area (Å²) in [4.78, 5) is 14.6. The number of carbonyl (C=O) groups is 1. The molecule has 0 spiro atoms. The highest BCUT2D eigenvalue weighted by atomic mass is 19.1. The Morgan fingerprint density at radius 3 is 2.72 bits per heavy atom. The van der Waals surface area contributed by atoms with Gasteiger partial charge in [-0.25, -0.2) is 9.07 Å². The van der Waals surface area contributed by atoms with E-state index in [0.717, 1.165) is 56.6 Å². The Hall–Kier alpha value is -3.78. The van der Waals surface area contributed by atoms with Gasteiger partial charge in [0.2, 0.25) is 0 Å². The van der Waals surface area contributed by atoms with Crippen LogP contribution in [0.4, 0.5) is 4.39 Å². The number of nitrogens with zero attached hydrogens (tertiary/aromatic N) is 4. The first-order valence-corrected chi connectivity index (χ1v) is 13.4. The van der Waals surface area contributed by atoms with Crippen LogP contribution in [0, 0.1) is 25.6 Å². The van der Waals surface area contributed by atoms with Gasteiger partial charge < -0.3 is 9.84 Å². The number of benzene rings is 3. The van der Waals surface area contributed by atoms with Crippen LogP contribution in [-0.4, -0.2) is 43.6 Å². The van der Waals surface area contributed by atoms with Crippen molar-refractivity contribution < 1.29 is 19.0 Å². The number of carboxylic acids is 1. The molecule has 0 amide bonds. The Morgan fingerprint density at radius 1 is 1.18 bits per heavy atom. The van der Waals surface area contributed by atoms with Gasteiger partial charge >= 0.3 is 5.97 Å². The second kappa shape index (κ2) is 10.8. The summed E-state index contributed by atoms with van der Waals surface area (Å²) in [6.07, 6.45) is 0.843. The maximum atomic E-state index is 14.1. The summed E-state index contributed by atoms with van der Waals surface area (Å²) in [6.45, 7) is 9.85. The van der Waals surface area contributed by atoms with Crippen molar-refractivity contribution in [3.63, 3.8) is 0 Å². The quantitative estimate of drug-likeness (QED) is 0.328. The molecule has 1 aliphatic rings. The van der Waals surface area contributed by atoms with E-state index in [1.165, 1.54) is 6.07 Å². The van der Waals surface area contributed by atoms with E-state index in [1.807, 2.05) is 32.2 Å². The zero-order valence-corrected chi connectivity index (χ0v) is 23.1. The van der Waals surface area contributed by atoms with Gasteiger partial charge in [-0.3, -0.25) is 9.69 Å². The fraction of sp³-hybridized carbons (Fsp3) is 0.387. The van der Waals surface area contributed by atoms with Gasteiger partial charge in [-0.15, -0.1) is 5.10 Å². The first kappa shape index (κ1) is 26.8. The van der Waals surface area contributed by atoms with E-state index >= 15 is 0 Å². The van der Waals surface area contributed by atoms with Crippen LogP contribution in [-0.2, 0) is 24.9 Å². The molecule has 3 aromatic carbocycles. The van der Waals surface area contributed by atoms with Crippen molar-refractivity contribution in [1.82, 2.24) is 19.9 Å². The number of hydrogen-bond acceptors (Lipinski definition) is 5. The normalized spacial score (nSPS) is 17.3. The first-order chi connectivity index (χ1) is 18.7. The number of rotatable bonds is 7. The monoisotopic (exact) mass is 530 g/mol. The van der Waals surface area contributed by atoms with Crippen LogP contribution in [0.25, 0.3) is 11.0 Å². The molecule has 0 aliphatic carbocycles. The van der Waals surface area contributed by atoms with Gasteiger partial charge in [-0.1, -0.05) is 43.3 Å². The average molecular weight is 531 g/mol. The molecule has 4 aromatic rings. The highest BCUT2D eigenvalue weighted by molar-refractivity contribution is 5.80. The third-order valence-corrected chi connectivity index (χ3v) is 8.06. The van der Waals surface area contributed by atoms with E-state index in [-0.39, 0.29) is 17.8 Å². The standard InChI is InChI=1S/C31H35FN4O3/c1-6-25-17-36(16-23-14-24(32)9-12-28(23)39-25)15-22-13-21(8-7-18(22)2)29(20(4)31(37)38)26-10-11-27-30(19(26)3)33-34-35(27)5/h7-14,20,25,29H,6,15-17H2,1-5H3,(H,37,38)/t20?,25?,29-/m1/s1. The summed E-state index contributed by atoms with van der Waals surface area (Å²) in [6, 6.07) is 14.9. The highest BCUT2D eigenvalue weighted by Crippen LogP contribution is 2.37. The lowest BCUT2D eigenvalue weighted by atomic mass is 9.79. The molecule has 0 fully saturated rings. The number of aromatic nitrogens is 3. The molecule has 0 saturated carbocycles. The van der Waals surface area contributed by atoms with Crippen molar-refractivity contribution in [2.45, 2.75) is 59.2 Å². The minimum atomic E-state index is -0.852. The molecule has 7 nitrogen and oxygen atoms in total. The molecule has 8 heteroatoms. The lowest BCUT2D eigenvalue weighted by Crippen LogP contribution is -2.32. The maximum absolute atomic E-state index is 14.1. The molecule has 5 rings (SSSR count). The van der Waals surface area contributed by atoms with Gasteiger partial charge in [0.1, 0.15) is 23.2 Å². The zero-order valence-electron chi connectivity index (χ0n) is 23.1. The number of carboxylic acid groups (broad SMARTS) is 1. The molecule has 1 N–H and O–H groups in total. The molecule has 2 heterocycles. The fourth-order valence-electron chi connectivity index (χ4n) is 5.69. The van der Waals surface area contributed by atoms with Crippen molar-refractivity contribution in [2.24, 2.45) is 13.0 Å². The van der Waals surface area contributed by atoms with Gasteiger partial charge in [0.25, 0.3) is 0 Å². The van der Waals surface area contributed by atoms with E-state index in [2.05, 4.69) is 41.2 Å². The number of fused-ring (bicyclic) bond motifs is 2. The molecular weight excluding hydrogens is 495 g/mol. The van der Waals surface area contributed by atoms with Crippen LogP contribution in [0.1, 0.15) is 59.6 Å². The van der Waals surface area contributed by atoms with Crippen molar-refractivity contribution in [3.8, 4) is 5.75 Å². The Balaban J connectivity index is 1.53. The summed E-state index contributed by atoms with van der Waals surface area (Å²) in [7, 11) is 1.85. The van der Waals surface area contributed by atoms with Crippen LogP contribution < -0.4 is 4.74 Å². The summed E-state index contributed by atoms with van der Waals surface area (Å²) in [5.41, 5.74) is 7.59. The molecule has 2 unspecified atom stereocenters. The SMILES string of the molecule is CCC1CN(Cc2cc([C@H](c3ccc4c(nnn4C)c3C)C(C)C(=O)O)ccc2C)Cc2cc(F)ccc2O1.